The summed E-state index contributed by atoms with van der Waals surface area (Å²) in [6.45, 7) is 0.984. The molecular formula is C16H19N3O4S. The molecule has 24 heavy (non-hydrogen) atoms. The lowest BCUT2D eigenvalue weighted by molar-refractivity contribution is -0.138. The zero-order chi connectivity index (χ0) is 17.4. The number of hydrogen-bond donors (Lipinski definition) is 3. The lowest BCUT2D eigenvalue weighted by atomic mass is 10.1. The van der Waals surface area contributed by atoms with E-state index in [0.717, 1.165) is 11.3 Å². The number of hydrogen-bond acceptors (Lipinski definition) is 4. The summed E-state index contributed by atoms with van der Waals surface area (Å²) in [6.07, 6.45) is 2.35. The van der Waals surface area contributed by atoms with Crippen molar-refractivity contribution in [3.05, 3.63) is 59.9 Å². The van der Waals surface area contributed by atoms with Crippen LogP contribution in [-0.2, 0) is 29.0 Å². The van der Waals surface area contributed by atoms with E-state index in [4.69, 9.17) is 9.66 Å². The fourth-order valence-electron chi connectivity index (χ4n) is 2.25. The van der Waals surface area contributed by atoms with E-state index in [-0.39, 0.29) is 6.54 Å². The van der Waals surface area contributed by atoms with Crippen LogP contribution in [0.2, 0.25) is 0 Å². The van der Waals surface area contributed by atoms with E-state index in [1.165, 1.54) is 0 Å². The van der Waals surface area contributed by atoms with Gasteiger partial charge in [-0.25, -0.2) is 4.21 Å². The van der Waals surface area contributed by atoms with Crippen LogP contribution in [0.5, 0.6) is 0 Å². The van der Waals surface area contributed by atoms with Crippen molar-refractivity contribution in [1.82, 2.24) is 9.88 Å². The van der Waals surface area contributed by atoms with Gasteiger partial charge in [0.25, 0.3) is 11.3 Å². The quantitative estimate of drug-likeness (QED) is 0.596. The lowest BCUT2D eigenvalue weighted by Crippen LogP contribution is -2.31. The average molecular weight is 349 g/mol. The number of aliphatic carboxylic acids is 1. The molecule has 0 bridgehead atoms. The highest BCUT2D eigenvalue weighted by molar-refractivity contribution is 7.80. The van der Waals surface area contributed by atoms with Crippen molar-refractivity contribution in [3.63, 3.8) is 0 Å². The van der Waals surface area contributed by atoms with Crippen molar-refractivity contribution in [1.29, 1.82) is 0 Å². The summed E-state index contributed by atoms with van der Waals surface area (Å²) in [4.78, 5) is 17.1. The topological polar surface area (TPSA) is 103 Å². The van der Waals surface area contributed by atoms with Crippen molar-refractivity contribution in [2.75, 3.05) is 17.8 Å². The Morgan fingerprint density at radius 3 is 2.54 bits per heavy atom. The summed E-state index contributed by atoms with van der Waals surface area (Å²) in [5.74, 6) is -0.879. The molecule has 0 aliphatic rings. The third-order valence-electron chi connectivity index (χ3n) is 3.35. The maximum absolute atomic E-state index is 11.0. The Morgan fingerprint density at radius 2 is 1.96 bits per heavy atom. The second-order valence-corrected chi connectivity index (χ2v) is 5.93. The number of pyridine rings is 1. The Labute approximate surface area is 142 Å². The molecule has 0 spiro atoms. The molecule has 8 heteroatoms. The van der Waals surface area contributed by atoms with Crippen LogP contribution in [0, 0.1) is 0 Å². The second kappa shape index (κ2) is 9.11. The first-order valence-corrected chi connectivity index (χ1v) is 8.44. The van der Waals surface area contributed by atoms with E-state index in [1.54, 1.807) is 18.3 Å². The molecule has 1 aromatic heterocycles. The van der Waals surface area contributed by atoms with Gasteiger partial charge in [-0.1, -0.05) is 18.2 Å². The van der Waals surface area contributed by atoms with Gasteiger partial charge in [0.2, 0.25) is 0 Å². The predicted octanol–water partition coefficient (Wildman–Crippen LogP) is 1.76. The summed E-state index contributed by atoms with van der Waals surface area (Å²) in [6, 6.07) is 12.7. The molecule has 3 N–H and O–H groups in total. The summed E-state index contributed by atoms with van der Waals surface area (Å²) in [5.41, 5.74) is 2.39. The molecule has 2 aromatic rings. The van der Waals surface area contributed by atoms with E-state index in [9.17, 15) is 9.00 Å². The maximum atomic E-state index is 11.0. The van der Waals surface area contributed by atoms with Gasteiger partial charge < -0.3 is 5.11 Å². The van der Waals surface area contributed by atoms with Gasteiger partial charge in [0.05, 0.1) is 12.2 Å². The third-order valence-corrected chi connectivity index (χ3v) is 3.76. The molecule has 0 saturated carbocycles. The SMILES string of the molecule is O=C(O)CN(CCc1ccc(NS(=O)O)cc1)Cc1ccccn1. The smallest absolute Gasteiger partial charge is 0.317 e. The summed E-state index contributed by atoms with van der Waals surface area (Å²) in [5, 5.41) is 9.06. The van der Waals surface area contributed by atoms with Crippen LogP contribution >= 0.6 is 0 Å². The van der Waals surface area contributed by atoms with Crippen molar-refractivity contribution in [3.8, 4) is 0 Å². The van der Waals surface area contributed by atoms with Gasteiger partial charge in [-0.15, -0.1) is 0 Å². The number of nitrogens with zero attached hydrogens (tertiary/aromatic N) is 2. The minimum Gasteiger partial charge on any atom is -0.480 e. The number of carbonyl (C=O) groups is 1. The lowest BCUT2D eigenvalue weighted by Gasteiger charge is -2.19. The van der Waals surface area contributed by atoms with E-state index < -0.39 is 17.2 Å². The second-order valence-electron chi connectivity index (χ2n) is 5.22. The summed E-state index contributed by atoms with van der Waals surface area (Å²) in [7, 11) is 0. The van der Waals surface area contributed by atoms with Crippen LogP contribution in [0.3, 0.4) is 0 Å². The third kappa shape index (κ3) is 6.45. The number of aromatic nitrogens is 1. The normalized spacial score (nSPS) is 12.1. The molecule has 0 saturated heterocycles. The highest BCUT2D eigenvalue weighted by Crippen LogP contribution is 2.11. The van der Waals surface area contributed by atoms with Crippen LogP contribution in [0.4, 0.5) is 5.69 Å². The first kappa shape index (κ1) is 18.1. The maximum Gasteiger partial charge on any atom is 0.317 e. The van der Waals surface area contributed by atoms with Crippen molar-refractivity contribution >= 4 is 22.9 Å². The van der Waals surface area contributed by atoms with Crippen molar-refractivity contribution in [2.45, 2.75) is 13.0 Å². The average Bonchev–Trinajstić information content (AvgIpc) is 2.54. The monoisotopic (exact) mass is 349 g/mol. The standard InChI is InChI=1S/C16H19N3O4S/c20-16(21)12-19(11-15-3-1-2-9-17-15)10-8-13-4-6-14(7-5-13)18-24(22)23/h1-7,9,18H,8,10-12H2,(H,20,21)(H,22,23). The van der Waals surface area contributed by atoms with Crippen LogP contribution in [-0.4, -0.2) is 42.8 Å². The molecule has 0 amide bonds. The fraction of sp³-hybridized carbons (Fsp3) is 0.250. The van der Waals surface area contributed by atoms with Crippen LogP contribution < -0.4 is 4.72 Å². The molecule has 0 fully saturated rings. The first-order valence-electron chi connectivity index (χ1n) is 7.33. The molecule has 1 atom stereocenters. The highest BCUT2D eigenvalue weighted by Gasteiger charge is 2.11. The van der Waals surface area contributed by atoms with Gasteiger partial charge in [-0.3, -0.25) is 24.0 Å². The fourth-order valence-corrected chi connectivity index (χ4v) is 2.59. The molecule has 0 radical (unpaired) electrons. The first-order chi connectivity index (χ1) is 11.5. The zero-order valence-electron chi connectivity index (χ0n) is 13.0. The minimum atomic E-state index is -2.09. The Hall–Kier alpha value is -2.29. The molecule has 7 nitrogen and oxygen atoms in total. The van der Waals surface area contributed by atoms with Gasteiger partial charge in [-0.05, 0) is 36.2 Å². The number of carboxylic acids is 1. The van der Waals surface area contributed by atoms with E-state index in [2.05, 4.69) is 9.71 Å². The van der Waals surface area contributed by atoms with Crippen LogP contribution in [0.1, 0.15) is 11.3 Å². The van der Waals surface area contributed by atoms with Crippen LogP contribution in [0.15, 0.2) is 48.7 Å². The predicted molar refractivity (Wildman–Crippen MR) is 91.7 cm³/mol. The zero-order valence-corrected chi connectivity index (χ0v) is 13.8. The van der Waals surface area contributed by atoms with Gasteiger partial charge in [0.1, 0.15) is 0 Å². The largest absolute Gasteiger partial charge is 0.480 e. The Bertz CT molecular complexity index is 679. The van der Waals surface area contributed by atoms with E-state index in [1.807, 2.05) is 35.2 Å². The molecule has 128 valence electrons. The Balaban J connectivity index is 1.94. The molecule has 1 heterocycles. The minimum absolute atomic E-state index is 0.0558. The molecule has 2 rings (SSSR count). The molecule has 1 aromatic carbocycles. The van der Waals surface area contributed by atoms with Gasteiger partial charge in [-0.2, -0.15) is 0 Å². The number of benzene rings is 1. The van der Waals surface area contributed by atoms with Crippen molar-refractivity contribution < 1.29 is 18.7 Å². The number of rotatable bonds is 9. The summed E-state index contributed by atoms with van der Waals surface area (Å²) >= 11 is -2.09. The Kier molecular flexibility index (Phi) is 6.86. The highest BCUT2D eigenvalue weighted by atomic mass is 32.2. The van der Waals surface area contributed by atoms with E-state index in [0.29, 0.717) is 25.2 Å². The summed E-state index contributed by atoms with van der Waals surface area (Å²) < 4.78 is 21.8. The molecule has 1 unspecified atom stereocenters. The number of carboxylic acid groups (broad SMARTS) is 1. The van der Waals surface area contributed by atoms with E-state index >= 15 is 0 Å². The molecule has 0 aliphatic heterocycles. The van der Waals surface area contributed by atoms with Gasteiger partial charge >= 0.3 is 5.97 Å². The number of anilines is 1. The Morgan fingerprint density at radius 1 is 1.21 bits per heavy atom. The van der Waals surface area contributed by atoms with Crippen LogP contribution in [0.25, 0.3) is 0 Å². The number of nitrogens with one attached hydrogen (secondary N) is 1. The van der Waals surface area contributed by atoms with Crippen molar-refractivity contribution in [2.24, 2.45) is 0 Å². The van der Waals surface area contributed by atoms with Gasteiger partial charge in [0, 0.05) is 25.0 Å². The van der Waals surface area contributed by atoms with Gasteiger partial charge in [0.15, 0.2) is 0 Å². The molecule has 0 aliphatic carbocycles. The molecular weight excluding hydrogens is 330 g/mol.